The number of pyridine rings is 1. The molecule has 0 bridgehead atoms. The number of fused-ring (bicyclic) bond motifs is 1. The monoisotopic (exact) mass is 268 g/mol. The van der Waals surface area contributed by atoms with Crippen molar-refractivity contribution in [2.75, 3.05) is 11.9 Å². The number of nitrogens with zero attached hydrogens (tertiary/aromatic N) is 1. The first-order valence-electron chi connectivity index (χ1n) is 7.07. The van der Waals surface area contributed by atoms with Gasteiger partial charge in [-0.2, -0.15) is 0 Å². The summed E-state index contributed by atoms with van der Waals surface area (Å²) in [6.07, 6.45) is 0. The van der Waals surface area contributed by atoms with Gasteiger partial charge in [0.2, 0.25) is 0 Å². The topological polar surface area (TPSA) is 34.1 Å². The van der Waals surface area contributed by atoms with E-state index in [2.05, 4.69) is 35.4 Å². The molecule has 0 amide bonds. The fourth-order valence-corrected chi connectivity index (χ4v) is 2.72. The molecule has 0 saturated heterocycles. The van der Waals surface area contributed by atoms with Gasteiger partial charge in [0.05, 0.1) is 24.0 Å². The van der Waals surface area contributed by atoms with Crippen LogP contribution in [0.3, 0.4) is 0 Å². The van der Waals surface area contributed by atoms with Crippen molar-refractivity contribution in [3.8, 4) is 5.75 Å². The highest BCUT2D eigenvalue weighted by Gasteiger charge is 2.27. The van der Waals surface area contributed by atoms with Crippen LogP contribution in [0.5, 0.6) is 5.75 Å². The van der Waals surface area contributed by atoms with E-state index in [1.165, 1.54) is 5.56 Å². The molecular weight excluding hydrogens is 248 g/mol. The Labute approximate surface area is 120 Å². The highest BCUT2D eigenvalue weighted by Crippen LogP contribution is 2.37. The lowest BCUT2D eigenvalue weighted by Gasteiger charge is -2.33. The molecular formula is C17H20N2O. The van der Waals surface area contributed by atoms with E-state index in [1.807, 2.05) is 32.0 Å². The van der Waals surface area contributed by atoms with Crippen molar-refractivity contribution in [1.82, 2.24) is 4.98 Å². The Morgan fingerprint density at radius 3 is 2.75 bits per heavy atom. The molecule has 20 heavy (non-hydrogen) atoms. The van der Waals surface area contributed by atoms with Crippen LogP contribution in [0.2, 0.25) is 0 Å². The molecule has 1 aliphatic heterocycles. The molecule has 1 aromatic carbocycles. The summed E-state index contributed by atoms with van der Waals surface area (Å²) in [4.78, 5) is 4.53. The van der Waals surface area contributed by atoms with Crippen LogP contribution >= 0.6 is 0 Å². The van der Waals surface area contributed by atoms with E-state index in [0.29, 0.717) is 5.92 Å². The summed E-state index contributed by atoms with van der Waals surface area (Å²) in [5.41, 5.74) is 4.42. The van der Waals surface area contributed by atoms with Crippen molar-refractivity contribution >= 4 is 5.69 Å². The minimum Gasteiger partial charge on any atom is -0.493 e. The predicted molar refractivity (Wildman–Crippen MR) is 81.2 cm³/mol. The summed E-state index contributed by atoms with van der Waals surface area (Å²) in [5.74, 6) is 1.41. The maximum Gasteiger partial charge on any atom is 0.124 e. The van der Waals surface area contributed by atoms with Crippen LogP contribution in [0.15, 0.2) is 36.4 Å². The number of aryl methyl sites for hydroxylation is 2. The third kappa shape index (κ3) is 2.36. The molecule has 0 fully saturated rings. The van der Waals surface area contributed by atoms with Crippen LogP contribution in [0.1, 0.15) is 29.9 Å². The molecule has 2 heterocycles. The second-order valence-electron chi connectivity index (χ2n) is 5.53. The van der Waals surface area contributed by atoms with Crippen molar-refractivity contribution in [3.05, 3.63) is 53.3 Å². The van der Waals surface area contributed by atoms with E-state index in [4.69, 9.17) is 4.74 Å². The number of hydrogen-bond donors (Lipinski definition) is 1. The number of hydrogen-bond acceptors (Lipinski definition) is 3. The lowest BCUT2D eigenvalue weighted by molar-refractivity contribution is 0.214. The number of aromatic nitrogens is 1. The molecule has 2 atom stereocenters. The second-order valence-corrected chi connectivity index (χ2v) is 5.53. The molecule has 3 rings (SSSR count). The zero-order valence-corrected chi connectivity index (χ0v) is 12.2. The van der Waals surface area contributed by atoms with Crippen molar-refractivity contribution in [1.29, 1.82) is 0 Å². The summed E-state index contributed by atoms with van der Waals surface area (Å²) >= 11 is 0. The standard InChI is InChI=1S/C17H20N2O/c1-11-10-20-16-7-5-4-6-14(16)17(11)19-15-9-8-12(2)18-13(15)3/h4-9,11,17,19H,10H2,1-3H3. The molecule has 0 radical (unpaired) electrons. The second kappa shape index (κ2) is 5.16. The van der Waals surface area contributed by atoms with Gasteiger partial charge in [-0.1, -0.05) is 25.1 Å². The average molecular weight is 268 g/mol. The number of rotatable bonds is 2. The summed E-state index contributed by atoms with van der Waals surface area (Å²) in [6.45, 7) is 7.02. The zero-order valence-electron chi connectivity index (χ0n) is 12.2. The van der Waals surface area contributed by atoms with Gasteiger partial charge in [0.15, 0.2) is 0 Å². The Hall–Kier alpha value is -2.03. The van der Waals surface area contributed by atoms with Crippen molar-refractivity contribution in [2.45, 2.75) is 26.8 Å². The third-order valence-electron chi connectivity index (χ3n) is 3.86. The van der Waals surface area contributed by atoms with E-state index >= 15 is 0 Å². The SMILES string of the molecule is Cc1ccc(NC2c3ccccc3OCC2C)c(C)n1. The molecule has 1 aromatic heterocycles. The van der Waals surface area contributed by atoms with Crippen LogP contribution < -0.4 is 10.1 Å². The quantitative estimate of drug-likeness (QED) is 0.897. The van der Waals surface area contributed by atoms with E-state index in [-0.39, 0.29) is 6.04 Å². The molecule has 1 aliphatic rings. The first-order valence-corrected chi connectivity index (χ1v) is 7.07. The zero-order chi connectivity index (χ0) is 14.1. The van der Waals surface area contributed by atoms with E-state index in [9.17, 15) is 0 Å². The highest BCUT2D eigenvalue weighted by molar-refractivity contribution is 5.52. The van der Waals surface area contributed by atoms with Crippen LogP contribution in [-0.2, 0) is 0 Å². The molecule has 0 spiro atoms. The van der Waals surface area contributed by atoms with Gasteiger partial charge in [-0.15, -0.1) is 0 Å². The normalized spacial score (nSPS) is 20.9. The molecule has 0 saturated carbocycles. The van der Waals surface area contributed by atoms with Gasteiger partial charge in [0.1, 0.15) is 5.75 Å². The van der Waals surface area contributed by atoms with E-state index < -0.39 is 0 Å². The summed E-state index contributed by atoms with van der Waals surface area (Å²) in [7, 11) is 0. The van der Waals surface area contributed by atoms with Crippen LogP contribution in [0.25, 0.3) is 0 Å². The highest BCUT2D eigenvalue weighted by atomic mass is 16.5. The molecule has 3 nitrogen and oxygen atoms in total. The first-order chi connectivity index (χ1) is 9.65. The largest absolute Gasteiger partial charge is 0.493 e. The summed E-state index contributed by atoms with van der Waals surface area (Å²) in [6, 6.07) is 12.7. The lowest BCUT2D eigenvalue weighted by Crippen LogP contribution is -2.29. The van der Waals surface area contributed by atoms with Crippen LogP contribution in [0, 0.1) is 19.8 Å². The van der Waals surface area contributed by atoms with Crippen molar-refractivity contribution in [3.63, 3.8) is 0 Å². The predicted octanol–water partition coefficient (Wildman–Crippen LogP) is 3.88. The molecule has 3 heteroatoms. The van der Waals surface area contributed by atoms with Gasteiger partial charge in [-0.3, -0.25) is 4.98 Å². The van der Waals surface area contributed by atoms with Gasteiger partial charge in [0.25, 0.3) is 0 Å². The average Bonchev–Trinajstić information content (AvgIpc) is 2.44. The fourth-order valence-electron chi connectivity index (χ4n) is 2.72. The minimum absolute atomic E-state index is 0.267. The Morgan fingerprint density at radius 1 is 1.15 bits per heavy atom. The first kappa shape index (κ1) is 13.0. The molecule has 1 N–H and O–H groups in total. The Kier molecular flexibility index (Phi) is 3.35. The van der Waals surface area contributed by atoms with Crippen LogP contribution in [0.4, 0.5) is 5.69 Å². The third-order valence-corrected chi connectivity index (χ3v) is 3.86. The fraction of sp³-hybridized carbons (Fsp3) is 0.353. The Bertz CT molecular complexity index is 624. The van der Waals surface area contributed by atoms with Gasteiger partial charge in [0, 0.05) is 17.2 Å². The molecule has 2 unspecified atom stereocenters. The number of para-hydroxylation sites is 1. The Morgan fingerprint density at radius 2 is 1.95 bits per heavy atom. The van der Waals surface area contributed by atoms with Crippen LogP contribution in [-0.4, -0.2) is 11.6 Å². The lowest BCUT2D eigenvalue weighted by atomic mass is 9.91. The number of anilines is 1. The summed E-state index contributed by atoms with van der Waals surface area (Å²) in [5, 5.41) is 3.64. The van der Waals surface area contributed by atoms with Gasteiger partial charge in [-0.25, -0.2) is 0 Å². The molecule has 0 aliphatic carbocycles. The maximum absolute atomic E-state index is 5.80. The van der Waals surface area contributed by atoms with E-state index in [0.717, 1.165) is 29.4 Å². The summed E-state index contributed by atoms with van der Waals surface area (Å²) < 4.78 is 5.80. The van der Waals surface area contributed by atoms with Crippen molar-refractivity contribution < 1.29 is 4.74 Å². The Balaban J connectivity index is 1.93. The molecule has 104 valence electrons. The van der Waals surface area contributed by atoms with E-state index in [1.54, 1.807) is 0 Å². The molecule has 2 aromatic rings. The smallest absolute Gasteiger partial charge is 0.124 e. The number of ether oxygens (including phenoxy) is 1. The maximum atomic E-state index is 5.80. The number of benzene rings is 1. The van der Waals surface area contributed by atoms with Gasteiger partial charge in [-0.05, 0) is 32.0 Å². The van der Waals surface area contributed by atoms with Gasteiger partial charge < -0.3 is 10.1 Å². The van der Waals surface area contributed by atoms with Crippen molar-refractivity contribution in [2.24, 2.45) is 5.92 Å². The minimum atomic E-state index is 0.267. The van der Waals surface area contributed by atoms with Gasteiger partial charge >= 0.3 is 0 Å². The number of nitrogens with one attached hydrogen (secondary N) is 1.